The summed E-state index contributed by atoms with van der Waals surface area (Å²) >= 11 is 7.48. The number of amides is 2. The van der Waals surface area contributed by atoms with Crippen molar-refractivity contribution in [1.82, 2.24) is 15.8 Å². The van der Waals surface area contributed by atoms with E-state index >= 15 is 0 Å². The SMILES string of the molecule is O=C(NNC(=O)c1sc2ccccc2c1Cl)c1ccc[nH]1. The number of carbonyl (C=O) groups is 2. The van der Waals surface area contributed by atoms with Crippen molar-refractivity contribution in [2.75, 3.05) is 0 Å². The molecule has 0 bridgehead atoms. The first kappa shape index (κ1) is 13.7. The van der Waals surface area contributed by atoms with E-state index in [1.165, 1.54) is 11.3 Å². The molecule has 0 atom stereocenters. The summed E-state index contributed by atoms with van der Waals surface area (Å²) in [5.74, 6) is -0.869. The number of hydrogen-bond donors (Lipinski definition) is 3. The predicted molar refractivity (Wildman–Crippen MR) is 82.6 cm³/mol. The van der Waals surface area contributed by atoms with Crippen molar-refractivity contribution >= 4 is 44.8 Å². The van der Waals surface area contributed by atoms with Crippen LogP contribution in [0.2, 0.25) is 5.02 Å². The van der Waals surface area contributed by atoms with Gasteiger partial charge < -0.3 is 4.98 Å². The van der Waals surface area contributed by atoms with Gasteiger partial charge in [-0.15, -0.1) is 11.3 Å². The molecule has 0 aliphatic rings. The van der Waals surface area contributed by atoms with Crippen molar-refractivity contribution in [2.24, 2.45) is 0 Å². The Balaban J connectivity index is 1.75. The summed E-state index contributed by atoms with van der Waals surface area (Å²) in [5.41, 5.74) is 5.05. The van der Waals surface area contributed by atoms with Crippen molar-refractivity contribution in [2.45, 2.75) is 0 Å². The number of hydrogen-bond acceptors (Lipinski definition) is 3. The molecule has 3 N–H and O–H groups in total. The van der Waals surface area contributed by atoms with Crippen LogP contribution in [0.1, 0.15) is 20.2 Å². The van der Waals surface area contributed by atoms with E-state index < -0.39 is 11.8 Å². The van der Waals surface area contributed by atoms with Crippen LogP contribution in [0.4, 0.5) is 0 Å². The van der Waals surface area contributed by atoms with Gasteiger partial charge in [-0.3, -0.25) is 20.4 Å². The molecule has 3 aromatic rings. The van der Waals surface area contributed by atoms with Gasteiger partial charge in [-0.2, -0.15) is 0 Å². The maximum absolute atomic E-state index is 12.1. The minimum Gasteiger partial charge on any atom is -0.357 e. The lowest BCUT2D eigenvalue weighted by molar-refractivity contribution is 0.0846. The maximum Gasteiger partial charge on any atom is 0.286 e. The highest BCUT2D eigenvalue weighted by atomic mass is 35.5. The second-order valence-corrected chi connectivity index (χ2v) is 5.66. The van der Waals surface area contributed by atoms with Gasteiger partial charge in [0.15, 0.2) is 0 Å². The molecule has 0 aliphatic heterocycles. The lowest BCUT2D eigenvalue weighted by Crippen LogP contribution is -2.41. The number of thiophene rings is 1. The molecule has 0 radical (unpaired) electrons. The summed E-state index contributed by atoms with van der Waals surface area (Å²) in [7, 11) is 0. The first-order valence-corrected chi connectivity index (χ1v) is 7.27. The van der Waals surface area contributed by atoms with Crippen molar-refractivity contribution in [3.63, 3.8) is 0 Å². The molecule has 0 saturated carbocycles. The van der Waals surface area contributed by atoms with E-state index in [4.69, 9.17) is 11.6 Å². The fourth-order valence-corrected chi connectivity index (χ4v) is 3.28. The Kier molecular flexibility index (Phi) is 3.64. The fraction of sp³-hybridized carbons (Fsp3) is 0. The van der Waals surface area contributed by atoms with Gasteiger partial charge in [-0.25, -0.2) is 0 Å². The average Bonchev–Trinajstić information content (AvgIpc) is 3.13. The zero-order valence-corrected chi connectivity index (χ0v) is 12.2. The van der Waals surface area contributed by atoms with Gasteiger partial charge >= 0.3 is 0 Å². The van der Waals surface area contributed by atoms with E-state index in [1.54, 1.807) is 18.3 Å². The second kappa shape index (κ2) is 5.59. The summed E-state index contributed by atoms with van der Waals surface area (Å²) in [5, 5.41) is 1.22. The Labute approximate surface area is 128 Å². The third-order valence-corrected chi connectivity index (χ3v) is 4.55. The zero-order valence-electron chi connectivity index (χ0n) is 10.6. The number of benzene rings is 1. The minimum absolute atomic E-state index is 0.359. The topological polar surface area (TPSA) is 74.0 Å². The Morgan fingerprint density at radius 1 is 1.05 bits per heavy atom. The largest absolute Gasteiger partial charge is 0.357 e. The lowest BCUT2D eigenvalue weighted by atomic mass is 10.2. The molecule has 0 spiro atoms. The molecule has 2 aromatic heterocycles. The third kappa shape index (κ3) is 2.63. The van der Waals surface area contributed by atoms with Crippen molar-refractivity contribution < 1.29 is 9.59 Å². The molecular formula is C14H10ClN3O2S. The number of aromatic amines is 1. The summed E-state index contributed by atoms with van der Waals surface area (Å²) in [6.45, 7) is 0. The van der Waals surface area contributed by atoms with Crippen LogP contribution < -0.4 is 10.9 Å². The third-order valence-electron chi connectivity index (χ3n) is 2.87. The summed E-state index contributed by atoms with van der Waals surface area (Å²) in [6, 6.07) is 10.8. The Morgan fingerprint density at radius 3 is 2.52 bits per heavy atom. The number of H-pyrrole nitrogens is 1. The van der Waals surface area contributed by atoms with E-state index in [0.29, 0.717) is 15.6 Å². The van der Waals surface area contributed by atoms with E-state index in [1.807, 2.05) is 24.3 Å². The maximum atomic E-state index is 12.1. The molecule has 2 amide bonds. The molecule has 21 heavy (non-hydrogen) atoms. The molecule has 7 heteroatoms. The van der Waals surface area contributed by atoms with Crippen LogP contribution in [0.3, 0.4) is 0 Å². The van der Waals surface area contributed by atoms with Crippen LogP contribution in [-0.4, -0.2) is 16.8 Å². The Morgan fingerprint density at radius 2 is 1.81 bits per heavy atom. The summed E-state index contributed by atoms with van der Waals surface area (Å²) < 4.78 is 0.920. The van der Waals surface area contributed by atoms with E-state index in [9.17, 15) is 9.59 Å². The second-order valence-electron chi connectivity index (χ2n) is 4.23. The molecule has 106 valence electrons. The number of halogens is 1. The molecule has 2 heterocycles. The average molecular weight is 320 g/mol. The van der Waals surface area contributed by atoms with Gasteiger partial charge in [0.05, 0.1) is 5.02 Å². The molecule has 0 aliphatic carbocycles. The number of carbonyl (C=O) groups excluding carboxylic acids is 2. The Hall–Kier alpha value is -2.31. The minimum atomic E-state index is -0.443. The summed E-state index contributed by atoms with van der Waals surface area (Å²) in [4.78, 5) is 26.9. The predicted octanol–water partition coefficient (Wildman–Crippen LogP) is 2.96. The van der Waals surface area contributed by atoms with Crippen LogP contribution >= 0.6 is 22.9 Å². The molecule has 0 saturated heterocycles. The Bertz CT molecular complexity index is 811. The first-order chi connectivity index (χ1) is 10.2. The monoisotopic (exact) mass is 319 g/mol. The van der Waals surface area contributed by atoms with Crippen LogP contribution in [0.15, 0.2) is 42.6 Å². The zero-order chi connectivity index (χ0) is 14.8. The van der Waals surface area contributed by atoms with Gasteiger partial charge in [-0.1, -0.05) is 29.8 Å². The quantitative estimate of drug-likeness (QED) is 0.635. The van der Waals surface area contributed by atoms with Crippen LogP contribution in [-0.2, 0) is 0 Å². The fourth-order valence-electron chi connectivity index (χ4n) is 1.87. The smallest absolute Gasteiger partial charge is 0.286 e. The normalized spacial score (nSPS) is 10.5. The molecular weight excluding hydrogens is 310 g/mol. The van der Waals surface area contributed by atoms with Crippen LogP contribution in [0.25, 0.3) is 10.1 Å². The first-order valence-electron chi connectivity index (χ1n) is 6.08. The summed E-state index contributed by atoms with van der Waals surface area (Å²) in [6.07, 6.45) is 1.62. The van der Waals surface area contributed by atoms with E-state index in [-0.39, 0.29) is 0 Å². The van der Waals surface area contributed by atoms with Gasteiger partial charge in [0.2, 0.25) is 0 Å². The highest BCUT2D eigenvalue weighted by molar-refractivity contribution is 7.21. The standard InChI is InChI=1S/C14H10ClN3O2S/c15-11-8-4-1-2-6-10(8)21-12(11)14(20)18-17-13(19)9-5-3-7-16-9/h1-7,16H,(H,17,19)(H,18,20). The molecule has 3 rings (SSSR count). The van der Waals surface area contributed by atoms with E-state index in [0.717, 1.165) is 10.1 Å². The van der Waals surface area contributed by atoms with Gasteiger partial charge in [0.1, 0.15) is 10.6 Å². The van der Waals surface area contributed by atoms with E-state index in [2.05, 4.69) is 15.8 Å². The van der Waals surface area contributed by atoms with Crippen molar-refractivity contribution in [1.29, 1.82) is 0 Å². The number of nitrogens with one attached hydrogen (secondary N) is 3. The number of rotatable bonds is 2. The molecule has 0 fully saturated rings. The molecule has 1 aromatic carbocycles. The van der Waals surface area contributed by atoms with Crippen molar-refractivity contribution in [3.8, 4) is 0 Å². The number of hydrazine groups is 1. The lowest BCUT2D eigenvalue weighted by Gasteiger charge is -2.05. The highest BCUT2D eigenvalue weighted by Crippen LogP contribution is 2.34. The number of aromatic nitrogens is 1. The van der Waals surface area contributed by atoms with Gasteiger partial charge in [0, 0.05) is 16.3 Å². The van der Waals surface area contributed by atoms with Crippen LogP contribution in [0, 0.1) is 0 Å². The number of fused-ring (bicyclic) bond motifs is 1. The molecule has 5 nitrogen and oxygen atoms in total. The van der Waals surface area contributed by atoms with Crippen LogP contribution in [0.5, 0.6) is 0 Å². The van der Waals surface area contributed by atoms with Gasteiger partial charge in [-0.05, 0) is 18.2 Å². The van der Waals surface area contributed by atoms with Gasteiger partial charge in [0.25, 0.3) is 11.8 Å². The van der Waals surface area contributed by atoms with Crippen molar-refractivity contribution in [3.05, 3.63) is 58.2 Å². The highest BCUT2D eigenvalue weighted by Gasteiger charge is 2.17. The molecule has 0 unspecified atom stereocenters.